The highest BCUT2D eigenvalue weighted by atomic mass is 16.1. The normalized spacial score (nSPS) is 27.9. The topological polar surface area (TPSA) is 17.1 Å². The first-order valence-corrected chi connectivity index (χ1v) is 13.8. The van der Waals surface area contributed by atoms with E-state index in [-0.39, 0.29) is 5.41 Å². The molecule has 1 nitrogen and oxygen atoms in total. The van der Waals surface area contributed by atoms with Gasteiger partial charge in [0.2, 0.25) is 0 Å². The molecule has 2 aliphatic carbocycles. The Morgan fingerprint density at radius 3 is 1.70 bits per heavy atom. The van der Waals surface area contributed by atoms with Crippen molar-refractivity contribution < 1.29 is 4.79 Å². The van der Waals surface area contributed by atoms with Crippen LogP contribution in [0.3, 0.4) is 0 Å². The van der Waals surface area contributed by atoms with Crippen molar-refractivity contribution in [1.82, 2.24) is 0 Å². The molecule has 0 aliphatic heterocycles. The van der Waals surface area contributed by atoms with Crippen LogP contribution in [-0.2, 0) is 4.79 Å². The minimum absolute atomic E-state index is 0.0386. The van der Waals surface area contributed by atoms with Gasteiger partial charge in [-0.2, -0.15) is 0 Å². The summed E-state index contributed by atoms with van der Waals surface area (Å²) in [6.07, 6.45) is 17.4. The predicted octanol–water partition coefficient (Wildman–Crippen LogP) is 9.46. The van der Waals surface area contributed by atoms with Crippen LogP contribution in [0.4, 0.5) is 0 Å². The van der Waals surface area contributed by atoms with Crippen molar-refractivity contribution in [1.29, 1.82) is 0 Å². The molecule has 0 radical (unpaired) electrons. The first-order chi connectivity index (χ1) is 16.2. The van der Waals surface area contributed by atoms with Crippen molar-refractivity contribution in [3.8, 4) is 11.1 Å². The molecule has 178 valence electrons. The fraction of sp³-hybridized carbons (Fsp3) is 0.594. The molecule has 2 fully saturated rings. The monoisotopic (exact) mass is 444 g/mol. The zero-order valence-electron chi connectivity index (χ0n) is 21.0. The SMILES string of the molecule is CCCCCC1(C=O)CCC(c2ccc(-c3ccc(C4CCC(CC)CC4)cc3)cc2)CC1. The number of carbonyl (C=O) groups is 1. The molecule has 2 aromatic rings. The Morgan fingerprint density at radius 2 is 1.24 bits per heavy atom. The van der Waals surface area contributed by atoms with Gasteiger partial charge in [-0.1, -0.05) is 88.1 Å². The fourth-order valence-electron chi connectivity index (χ4n) is 6.48. The molecule has 0 unspecified atom stereocenters. The molecule has 1 heteroatoms. The molecular weight excluding hydrogens is 400 g/mol. The number of unbranched alkanes of at least 4 members (excludes halogenated alkanes) is 2. The first-order valence-electron chi connectivity index (χ1n) is 13.8. The van der Waals surface area contributed by atoms with E-state index in [1.807, 2.05) is 0 Å². The quantitative estimate of drug-likeness (QED) is 0.278. The molecule has 2 aliphatic rings. The molecule has 33 heavy (non-hydrogen) atoms. The lowest BCUT2D eigenvalue weighted by atomic mass is 9.67. The third-order valence-corrected chi connectivity index (χ3v) is 9.03. The molecule has 2 aromatic carbocycles. The molecular formula is C32H44O. The van der Waals surface area contributed by atoms with Gasteiger partial charge >= 0.3 is 0 Å². The standard InChI is InChI=1S/C32H44O/c1-3-5-6-21-32(24-33)22-19-31(20-23-32)30-17-15-29(16-18-30)28-13-11-27(12-14-28)26-9-7-25(4-2)8-10-26/h11-18,24-26,31H,3-10,19-23H2,1-2H3. The number of benzene rings is 2. The average molecular weight is 445 g/mol. The van der Waals surface area contributed by atoms with E-state index in [9.17, 15) is 4.79 Å². The Labute approximate surface area is 202 Å². The Balaban J connectivity index is 1.33. The van der Waals surface area contributed by atoms with Crippen LogP contribution in [0.25, 0.3) is 11.1 Å². The fourth-order valence-corrected chi connectivity index (χ4v) is 6.48. The molecule has 0 bridgehead atoms. The molecule has 2 saturated carbocycles. The van der Waals surface area contributed by atoms with Gasteiger partial charge in [-0.3, -0.25) is 0 Å². The summed E-state index contributed by atoms with van der Waals surface area (Å²) >= 11 is 0. The Bertz CT molecular complexity index is 846. The van der Waals surface area contributed by atoms with Crippen molar-refractivity contribution in [3.05, 3.63) is 59.7 Å². The summed E-state index contributed by atoms with van der Waals surface area (Å²) in [7, 11) is 0. The lowest BCUT2D eigenvalue weighted by Crippen LogP contribution is -2.28. The maximum absolute atomic E-state index is 11.9. The van der Waals surface area contributed by atoms with E-state index >= 15 is 0 Å². The summed E-state index contributed by atoms with van der Waals surface area (Å²) in [4.78, 5) is 11.9. The second-order valence-corrected chi connectivity index (χ2v) is 11.1. The van der Waals surface area contributed by atoms with Crippen molar-refractivity contribution in [2.75, 3.05) is 0 Å². The Hall–Kier alpha value is -1.89. The van der Waals surface area contributed by atoms with Gasteiger partial charge in [0.05, 0.1) is 0 Å². The van der Waals surface area contributed by atoms with Gasteiger partial charge < -0.3 is 4.79 Å². The molecule has 0 N–H and O–H groups in total. The number of aldehydes is 1. The summed E-state index contributed by atoms with van der Waals surface area (Å²) in [5.41, 5.74) is 5.59. The van der Waals surface area contributed by atoms with E-state index in [1.54, 1.807) is 0 Å². The highest BCUT2D eigenvalue weighted by Gasteiger charge is 2.35. The van der Waals surface area contributed by atoms with E-state index in [0.29, 0.717) is 5.92 Å². The van der Waals surface area contributed by atoms with Crippen LogP contribution < -0.4 is 0 Å². The highest BCUT2D eigenvalue weighted by molar-refractivity contribution is 5.64. The van der Waals surface area contributed by atoms with Gasteiger partial charge in [0, 0.05) is 5.41 Å². The lowest BCUT2D eigenvalue weighted by Gasteiger charge is -2.36. The molecule has 0 spiro atoms. The molecule has 0 amide bonds. The van der Waals surface area contributed by atoms with Crippen LogP contribution in [0.1, 0.15) is 120 Å². The molecule has 4 rings (SSSR count). The molecule has 0 atom stereocenters. The van der Waals surface area contributed by atoms with Crippen molar-refractivity contribution in [3.63, 3.8) is 0 Å². The van der Waals surface area contributed by atoms with Gasteiger partial charge in [0.25, 0.3) is 0 Å². The smallest absolute Gasteiger partial charge is 0.126 e. The predicted molar refractivity (Wildman–Crippen MR) is 141 cm³/mol. The largest absolute Gasteiger partial charge is 0.303 e. The third-order valence-electron chi connectivity index (χ3n) is 9.03. The van der Waals surface area contributed by atoms with Crippen LogP contribution in [0, 0.1) is 11.3 Å². The van der Waals surface area contributed by atoms with Gasteiger partial charge in [0.15, 0.2) is 0 Å². The van der Waals surface area contributed by atoms with Crippen LogP contribution in [0.15, 0.2) is 48.5 Å². The summed E-state index contributed by atoms with van der Waals surface area (Å²) in [5, 5.41) is 0. The van der Waals surface area contributed by atoms with Crippen molar-refractivity contribution >= 4 is 6.29 Å². The van der Waals surface area contributed by atoms with Crippen LogP contribution in [-0.4, -0.2) is 6.29 Å². The van der Waals surface area contributed by atoms with E-state index in [1.165, 1.54) is 79.9 Å². The first kappa shape index (κ1) is 24.2. The van der Waals surface area contributed by atoms with Gasteiger partial charge in [0.1, 0.15) is 6.29 Å². The molecule has 0 heterocycles. The maximum Gasteiger partial charge on any atom is 0.126 e. The minimum Gasteiger partial charge on any atom is -0.303 e. The van der Waals surface area contributed by atoms with E-state index < -0.39 is 0 Å². The summed E-state index contributed by atoms with van der Waals surface area (Å²) < 4.78 is 0. The second kappa shape index (κ2) is 11.5. The van der Waals surface area contributed by atoms with Gasteiger partial charge in [-0.15, -0.1) is 0 Å². The van der Waals surface area contributed by atoms with Crippen LogP contribution >= 0.6 is 0 Å². The van der Waals surface area contributed by atoms with E-state index in [2.05, 4.69) is 62.4 Å². The van der Waals surface area contributed by atoms with Crippen molar-refractivity contribution in [2.24, 2.45) is 11.3 Å². The number of carbonyl (C=O) groups excluding carboxylic acids is 1. The maximum atomic E-state index is 11.9. The van der Waals surface area contributed by atoms with Crippen LogP contribution in [0.5, 0.6) is 0 Å². The summed E-state index contributed by atoms with van der Waals surface area (Å²) in [6, 6.07) is 18.7. The van der Waals surface area contributed by atoms with Gasteiger partial charge in [-0.05, 0) is 97.8 Å². The van der Waals surface area contributed by atoms with Crippen LogP contribution in [0.2, 0.25) is 0 Å². The van der Waals surface area contributed by atoms with E-state index in [4.69, 9.17) is 0 Å². The zero-order valence-corrected chi connectivity index (χ0v) is 21.0. The van der Waals surface area contributed by atoms with Gasteiger partial charge in [-0.25, -0.2) is 0 Å². The minimum atomic E-state index is -0.0386. The van der Waals surface area contributed by atoms with E-state index in [0.717, 1.165) is 43.9 Å². The molecule has 0 saturated heterocycles. The number of hydrogen-bond acceptors (Lipinski definition) is 1. The highest BCUT2D eigenvalue weighted by Crippen LogP contribution is 2.45. The number of hydrogen-bond donors (Lipinski definition) is 0. The Morgan fingerprint density at radius 1 is 0.727 bits per heavy atom. The van der Waals surface area contributed by atoms with Crippen molar-refractivity contribution in [2.45, 2.75) is 109 Å². The lowest BCUT2D eigenvalue weighted by molar-refractivity contribution is -0.118. The second-order valence-electron chi connectivity index (χ2n) is 11.1. The Kier molecular flexibility index (Phi) is 8.45. The number of rotatable bonds is 9. The summed E-state index contributed by atoms with van der Waals surface area (Å²) in [5.74, 6) is 2.33. The average Bonchev–Trinajstić information content (AvgIpc) is 2.89. The molecule has 0 aromatic heterocycles. The summed E-state index contributed by atoms with van der Waals surface area (Å²) in [6.45, 7) is 4.58. The zero-order chi connectivity index (χ0) is 23.1. The third kappa shape index (κ3) is 5.97.